The molecule has 0 saturated carbocycles. The molecular formula is C31H33N7O2. The van der Waals surface area contributed by atoms with Gasteiger partial charge in [0.05, 0.1) is 11.8 Å². The van der Waals surface area contributed by atoms with Crippen LogP contribution in [0.3, 0.4) is 0 Å². The highest BCUT2D eigenvalue weighted by molar-refractivity contribution is 6.05. The maximum atomic E-state index is 12.8. The lowest BCUT2D eigenvalue weighted by molar-refractivity contribution is 0.0737. The van der Waals surface area contributed by atoms with Crippen LogP contribution >= 0.6 is 0 Å². The fourth-order valence-electron chi connectivity index (χ4n) is 5.23. The second-order valence-electron chi connectivity index (χ2n) is 10.2. The second-order valence-corrected chi connectivity index (χ2v) is 10.2. The Morgan fingerprint density at radius 1 is 0.750 bits per heavy atom. The number of hydrogen-bond donors (Lipinski definition) is 1. The predicted molar refractivity (Wildman–Crippen MR) is 159 cm³/mol. The zero-order chi connectivity index (χ0) is 27.1. The molecule has 40 heavy (non-hydrogen) atoms. The van der Waals surface area contributed by atoms with Crippen molar-refractivity contribution in [1.82, 2.24) is 15.0 Å². The van der Waals surface area contributed by atoms with Crippen molar-refractivity contribution in [2.24, 2.45) is 5.10 Å². The molecule has 3 aromatic carbocycles. The van der Waals surface area contributed by atoms with E-state index in [9.17, 15) is 4.79 Å². The number of hydrazone groups is 1. The van der Waals surface area contributed by atoms with Gasteiger partial charge in [0, 0.05) is 26.2 Å². The third kappa shape index (κ3) is 6.03. The van der Waals surface area contributed by atoms with E-state index >= 15 is 0 Å². The van der Waals surface area contributed by atoms with E-state index in [1.807, 2.05) is 48.5 Å². The minimum atomic E-state index is -0.385. The van der Waals surface area contributed by atoms with Crippen molar-refractivity contribution in [3.05, 3.63) is 77.9 Å². The van der Waals surface area contributed by atoms with Gasteiger partial charge in [-0.05, 0) is 85.2 Å². The molecule has 0 radical (unpaired) electrons. The van der Waals surface area contributed by atoms with Crippen LogP contribution in [0.4, 0.5) is 17.8 Å². The van der Waals surface area contributed by atoms with Gasteiger partial charge in [-0.25, -0.2) is 10.2 Å². The molecule has 1 aromatic heterocycles. The number of anilines is 3. The van der Waals surface area contributed by atoms with E-state index in [1.54, 1.807) is 24.4 Å². The molecule has 0 spiro atoms. The van der Waals surface area contributed by atoms with Crippen LogP contribution in [0.25, 0.3) is 10.8 Å². The molecule has 0 amide bonds. The van der Waals surface area contributed by atoms with E-state index in [-0.39, 0.29) is 5.97 Å². The summed E-state index contributed by atoms with van der Waals surface area (Å²) in [6.45, 7) is 3.85. The monoisotopic (exact) mass is 535 g/mol. The molecule has 204 valence electrons. The van der Waals surface area contributed by atoms with Crippen LogP contribution in [0.2, 0.25) is 0 Å². The Balaban J connectivity index is 1.13. The van der Waals surface area contributed by atoms with Gasteiger partial charge in [-0.3, -0.25) is 0 Å². The Bertz CT molecular complexity index is 1450. The van der Waals surface area contributed by atoms with E-state index in [1.165, 1.54) is 12.8 Å². The number of fused-ring (bicyclic) bond motifs is 1. The molecule has 9 heteroatoms. The Morgan fingerprint density at radius 2 is 1.38 bits per heavy atom. The lowest BCUT2D eigenvalue weighted by atomic mass is 10.0. The highest BCUT2D eigenvalue weighted by Crippen LogP contribution is 2.23. The maximum absolute atomic E-state index is 12.8. The molecule has 9 nitrogen and oxygen atoms in total. The zero-order valence-electron chi connectivity index (χ0n) is 22.5. The third-order valence-electron chi connectivity index (χ3n) is 7.37. The van der Waals surface area contributed by atoms with E-state index < -0.39 is 0 Å². The first-order valence-corrected chi connectivity index (χ1v) is 14.1. The number of benzene rings is 3. The Labute approximate surface area is 233 Å². The Hall–Kier alpha value is -4.53. The summed E-state index contributed by atoms with van der Waals surface area (Å²) < 4.78 is 5.64. The van der Waals surface area contributed by atoms with E-state index in [4.69, 9.17) is 9.72 Å². The summed E-state index contributed by atoms with van der Waals surface area (Å²) in [6.07, 6.45) is 8.80. The minimum Gasteiger partial charge on any atom is -0.423 e. The quantitative estimate of drug-likeness (QED) is 0.140. The molecule has 1 N–H and O–H groups in total. The van der Waals surface area contributed by atoms with Crippen LogP contribution in [0.1, 0.15) is 54.4 Å². The molecule has 6 rings (SSSR count). The summed E-state index contributed by atoms with van der Waals surface area (Å²) >= 11 is 0. The number of ether oxygens (including phenoxy) is 1. The van der Waals surface area contributed by atoms with Gasteiger partial charge < -0.3 is 14.5 Å². The van der Waals surface area contributed by atoms with Crippen LogP contribution in [0.15, 0.2) is 71.8 Å². The first-order valence-electron chi connectivity index (χ1n) is 14.1. The first-order chi connectivity index (χ1) is 19.7. The molecule has 2 fully saturated rings. The lowest BCUT2D eigenvalue weighted by Crippen LogP contribution is -2.34. The summed E-state index contributed by atoms with van der Waals surface area (Å²) in [5, 5.41) is 6.25. The topological polar surface area (TPSA) is 95.8 Å². The largest absolute Gasteiger partial charge is 0.423 e. The maximum Gasteiger partial charge on any atom is 0.344 e. The van der Waals surface area contributed by atoms with Crippen molar-refractivity contribution in [3.8, 4) is 5.75 Å². The molecule has 0 aliphatic carbocycles. The number of aromatic nitrogens is 3. The molecule has 2 aliphatic rings. The number of nitrogens with zero attached hydrogens (tertiary/aromatic N) is 6. The standard InChI is InChI=1S/C31H33N7O2/c39-28(27-13-9-11-24-10-3-4-12-26(24)27)40-25-16-14-23(15-17-25)22-32-36-29-33-30(37-18-5-1-6-19-37)35-31(34-29)38-20-7-2-8-21-38/h3-4,9-17,22H,1-2,5-8,18-21H2,(H,33,34,35,36)/b32-22+. The number of esters is 1. The van der Waals surface area contributed by atoms with Crippen LogP contribution < -0.4 is 20.0 Å². The average molecular weight is 536 g/mol. The summed E-state index contributed by atoms with van der Waals surface area (Å²) in [5.41, 5.74) is 4.39. The highest BCUT2D eigenvalue weighted by Gasteiger charge is 2.20. The van der Waals surface area contributed by atoms with Gasteiger partial charge in [0.15, 0.2) is 0 Å². The van der Waals surface area contributed by atoms with Crippen molar-refractivity contribution in [1.29, 1.82) is 0 Å². The van der Waals surface area contributed by atoms with Gasteiger partial charge in [0.2, 0.25) is 17.8 Å². The van der Waals surface area contributed by atoms with Gasteiger partial charge in [0.25, 0.3) is 0 Å². The highest BCUT2D eigenvalue weighted by atomic mass is 16.5. The SMILES string of the molecule is O=C(Oc1ccc(/C=N/Nc2nc(N3CCCCC3)nc(N3CCCCC3)n2)cc1)c1cccc2ccccc12. The van der Waals surface area contributed by atoms with Crippen LogP contribution in [-0.4, -0.2) is 53.3 Å². The Kier molecular flexibility index (Phi) is 7.79. The fraction of sp³-hybridized carbons (Fsp3) is 0.323. The number of hydrogen-bond acceptors (Lipinski definition) is 9. The van der Waals surface area contributed by atoms with Crippen molar-refractivity contribution in [2.75, 3.05) is 41.4 Å². The Morgan fingerprint density at radius 3 is 2.05 bits per heavy atom. The van der Waals surface area contributed by atoms with Crippen molar-refractivity contribution in [2.45, 2.75) is 38.5 Å². The van der Waals surface area contributed by atoms with E-state index in [2.05, 4.69) is 30.3 Å². The molecule has 0 atom stereocenters. The van der Waals surface area contributed by atoms with Gasteiger partial charge in [0.1, 0.15) is 5.75 Å². The van der Waals surface area contributed by atoms with Gasteiger partial charge in [-0.1, -0.05) is 36.4 Å². The normalized spacial score (nSPS) is 15.9. The molecule has 2 aliphatic heterocycles. The third-order valence-corrected chi connectivity index (χ3v) is 7.37. The molecule has 4 aromatic rings. The van der Waals surface area contributed by atoms with Gasteiger partial charge in [-0.15, -0.1) is 0 Å². The van der Waals surface area contributed by atoms with E-state index in [0.29, 0.717) is 29.2 Å². The minimum absolute atomic E-state index is 0.385. The molecule has 3 heterocycles. The molecule has 0 unspecified atom stereocenters. The average Bonchev–Trinajstić information content (AvgIpc) is 3.02. The van der Waals surface area contributed by atoms with Crippen LogP contribution in [0, 0.1) is 0 Å². The number of carbonyl (C=O) groups is 1. The lowest BCUT2D eigenvalue weighted by Gasteiger charge is -2.30. The summed E-state index contributed by atoms with van der Waals surface area (Å²) in [4.78, 5) is 31.5. The predicted octanol–water partition coefficient (Wildman–Crippen LogP) is 5.67. The first kappa shape index (κ1) is 25.7. The van der Waals surface area contributed by atoms with Crippen molar-refractivity contribution >= 4 is 40.8 Å². The van der Waals surface area contributed by atoms with Crippen LogP contribution in [0.5, 0.6) is 5.75 Å². The second kappa shape index (κ2) is 12.1. The number of nitrogens with one attached hydrogen (secondary N) is 1. The summed E-state index contributed by atoms with van der Waals surface area (Å²) in [6, 6.07) is 20.6. The number of rotatable bonds is 7. The van der Waals surface area contributed by atoms with Crippen LogP contribution in [-0.2, 0) is 0 Å². The van der Waals surface area contributed by atoms with Crippen molar-refractivity contribution < 1.29 is 9.53 Å². The van der Waals surface area contributed by atoms with Crippen molar-refractivity contribution in [3.63, 3.8) is 0 Å². The van der Waals surface area contributed by atoms with Gasteiger partial charge >= 0.3 is 5.97 Å². The fourth-order valence-corrected chi connectivity index (χ4v) is 5.23. The van der Waals surface area contributed by atoms with Gasteiger partial charge in [-0.2, -0.15) is 20.1 Å². The van der Waals surface area contributed by atoms with E-state index in [0.717, 1.165) is 68.2 Å². The summed E-state index contributed by atoms with van der Waals surface area (Å²) in [5.74, 6) is 1.95. The molecular weight excluding hydrogens is 502 g/mol. The summed E-state index contributed by atoms with van der Waals surface area (Å²) in [7, 11) is 0. The zero-order valence-corrected chi connectivity index (χ0v) is 22.5. The smallest absolute Gasteiger partial charge is 0.344 e. The molecule has 0 bridgehead atoms. The number of piperidine rings is 2. The number of carbonyl (C=O) groups excluding carboxylic acids is 1. The molecule has 2 saturated heterocycles.